The van der Waals surface area contributed by atoms with Gasteiger partial charge in [-0.15, -0.1) is 0 Å². The van der Waals surface area contributed by atoms with Crippen LogP contribution in [0.2, 0.25) is 0 Å². The molecule has 0 rings (SSSR count). The molecule has 2 atom stereocenters. The zero-order valence-electron chi connectivity index (χ0n) is 10.2. The minimum absolute atomic E-state index is 0.0133. The van der Waals surface area contributed by atoms with Crippen molar-refractivity contribution in [2.45, 2.75) is 40.7 Å². The van der Waals surface area contributed by atoms with Crippen molar-refractivity contribution in [2.75, 3.05) is 0 Å². The van der Waals surface area contributed by atoms with Gasteiger partial charge in [0.1, 0.15) is 0 Å². The normalized spacial score (nSPS) is 15.1. The Labute approximate surface area is 97.8 Å². The van der Waals surface area contributed by atoms with Crippen LogP contribution in [0, 0.1) is 17.8 Å². The van der Waals surface area contributed by atoms with Gasteiger partial charge in [0.2, 0.25) is 5.91 Å². The summed E-state index contributed by atoms with van der Waals surface area (Å²) in [5.74, 6) is 0.562. The molecule has 15 heavy (non-hydrogen) atoms. The molecule has 88 valence electrons. The molecule has 3 N–H and O–H groups in total. The number of carbonyl (C=O) groups excluding carboxylic acids is 1. The van der Waals surface area contributed by atoms with Crippen LogP contribution in [-0.4, -0.2) is 16.9 Å². The number of nitrogens with two attached hydrogens (primary N) is 1. The van der Waals surface area contributed by atoms with Gasteiger partial charge in [0.25, 0.3) is 0 Å². The lowest BCUT2D eigenvalue weighted by molar-refractivity contribution is -0.126. The summed E-state index contributed by atoms with van der Waals surface area (Å²) in [5, 5.41) is 2.89. The van der Waals surface area contributed by atoms with Gasteiger partial charge in [-0.25, -0.2) is 0 Å². The van der Waals surface area contributed by atoms with Crippen LogP contribution >= 0.6 is 12.2 Å². The molecule has 0 aromatic carbocycles. The molecule has 0 bridgehead atoms. The van der Waals surface area contributed by atoms with Crippen LogP contribution < -0.4 is 11.1 Å². The first-order valence-corrected chi connectivity index (χ1v) is 5.77. The Morgan fingerprint density at radius 2 is 1.60 bits per heavy atom. The summed E-state index contributed by atoms with van der Waals surface area (Å²) in [6, 6.07) is -0.200. The van der Waals surface area contributed by atoms with Crippen molar-refractivity contribution < 1.29 is 4.79 Å². The number of amides is 1. The second kappa shape index (κ2) is 6.05. The minimum atomic E-state index is -0.200. The van der Waals surface area contributed by atoms with Crippen molar-refractivity contribution in [2.24, 2.45) is 23.5 Å². The molecule has 1 amide bonds. The molecule has 0 saturated heterocycles. The fourth-order valence-electron chi connectivity index (χ4n) is 1.15. The SMILES string of the molecule is CC(C)C(C)C(=O)NC(C(N)=S)C(C)C. The highest BCUT2D eigenvalue weighted by atomic mass is 32.1. The van der Waals surface area contributed by atoms with Gasteiger partial charge in [0, 0.05) is 5.92 Å². The van der Waals surface area contributed by atoms with E-state index in [1.165, 1.54) is 0 Å². The number of carbonyl (C=O) groups is 1. The van der Waals surface area contributed by atoms with E-state index < -0.39 is 0 Å². The monoisotopic (exact) mass is 230 g/mol. The molecule has 0 aromatic rings. The molecular formula is C11H22N2OS. The molecule has 0 aromatic heterocycles. The first-order chi connectivity index (χ1) is 6.77. The Balaban J connectivity index is 4.43. The van der Waals surface area contributed by atoms with Gasteiger partial charge >= 0.3 is 0 Å². The number of hydrogen-bond acceptors (Lipinski definition) is 2. The lowest BCUT2D eigenvalue weighted by Crippen LogP contribution is -2.49. The first-order valence-electron chi connectivity index (χ1n) is 5.37. The maximum absolute atomic E-state index is 11.8. The standard InChI is InChI=1S/C11H22N2OS/c1-6(2)8(5)11(14)13-9(7(3)4)10(12)15/h6-9H,1-5H3,(H2,12,15)(H,13,14). The van der Waals surface area contributed by atoms with E-state index >= 15 is 0 Å². The molecule has 0 radical (unpaired) electrons. The largest absolute Gasteiger partial charge is 0.392 e. The summed E-state index contributed by atoms with van der Waals surface area (Å²) in [6.07, 6.45) is 0. The third kappa shape index (κ3) is 4.60. The summed E-state index contributed by atoms with van der Waals surface area (Å²) in [4.78, 5) is 12.1. The smallest absolute Gasteiger partial charge is 0.223 e. The summed E-state index contributed by atoms with van der Waals surface area (Å²) < 4.78 is 0. The van der Waals surface area contributed by atoms with Crippen LogP contribution in [0.25, 0.3) is 0 Å². The second-order valence-corrected chi connectivity index (χ2v) is 5.14. The molecule has 0 aliphatic heterocycles. The van der Waals surface area contributed by atoms with E-state index in [2.05, 4.69) is 5.32 Å². The van der Waals surface area contributed by atoms with Gasteiger partial charge in [-0.05, 0) is 11.8 Å². The zero-order valence-corrected chi connectivity index (χ0v) is 11.0. The Bertz CT molecular complexity index is 239. The molecule has 0 aliphatic carbocycles. The molecule has 0 spiro atoms. The summed E-state index contributed by atoms with van der Waals surface area (Å²) in [6.45, 7) is 9.94. The van der Waals surface area contributed by atoms with E-state index in [0.29, 0.717) is 10.9 Å². The van der Waals surface area contributed by atoms with E-state index in [4.69, 9.17) is 18.0 Å². The summed E-state index contributed by atoms with van der Waals surface area (Å²) in [5.41, 5.74) is 5.58. The fourth-order valence-corrected chi connectivity index (χ4v) is 1.48. The predicted molar refractivity (Wildman–Crippen MR) is 67.6 cm³/mol. The Hall–Kier alpha value is -0.640. The van der Waals surface area contributed by atoms with Crippen molar-refractivity contribution in [3.8, 4) is 0 Å². The van der Waals surface area contributed by atoms with Gasteiger partial charge in [0.15, 0.2) is 0 Å². The number of nitrogens with one attached hydrogen (secondary N) is 1. The highest BCUT2D eigenvalue weighted by Crippen LogP contribution is 2.11. The number of rotatable bonds is 5. The van der Waals surface area contributed by atoms with E-state index in [0.717, 1.165) is 0 Å². The van der Waals surface area contributed by atoms with Crippen molar-refractivity contribution in [3.63, 3.8) is 0 Å². The first kappa shape index (κ1) is 14.4. The quantitative estimate of drug-likeness (QED) is 0.707. The average molecular weight is 230 g/mol. The maximum Gasteiger partial charge on any atom is 0.223 e. The van der Waals surface area contributed by atoms with Crippen molar-refractivity contribution >= 4 is 23.1 Å². The highest BCUT2D eigenvalue weighted by Gasteiger charge is 2.23. The molecule has 3 nitrogen and oxygen atoms in total. The Kier molecular flexibility index (Phi) is 5.80. The van der Waals surface area contributed by atoms with Gasteiger partial charge in [-0.1, -0.05) is 46.8 Å². The summed E-state index contributed by atoms with van der Waals surface area (Å²) >= 11 is 4.93. The maximum atomic E-state index is 11.8. The van der Waals surface area contributed by atoms with Gasteiger partial charge in [0.05, 0.1) is 11.0 Å². The zero-order chi connectivity index (χ0) is 12.2. The topological polar surface area (TPSA) is 55.1 Å². The van der Waals surface area contributed by atoms with E-state index in [1.54, 1.807) is 0 Å². The molecule has 0 fully saturated rings. The Morgan fingerprint density at radius 3 is 1.87 bits per heavy atom. The van der Waals surface area contributed by atoms with Crippen molar-refractivity contribution in [3.05, 3.63) is 0 Å². The lowest BCUT2D eigenvalue weighted by Gasteiger charge is -2.24. The third-order valence-corrected chi connectivity index (χ3v) is 2.94. The van der Waals surface area contributed by atoms with E-state index in [-0.39, 0.29) is 23.8 Å². The van der Waals surface area contributed by atoms with Crippen LogP contribution in [-0.2, 0) is 4.79 Å². The van der Waals surface area contributed by atoms with Crippen LogP contribution in [0.1, 0.15) is 34.6 Å². The fraction of sp³-hybridized carbons (Fsp3) is 0.818. The van der Waals surface area contributed by atoms with Crippen LogP contribution in [0.4, 0.5) is 0 Å². The predicted octanol–water partition coefficient (Wildman–Crippen LogP) is 1.71. The number of thiocarbonyl (C=S) groups is 1. The van der Waals surface area contributed by atoms with Gasteiger partial charge in [-0.3, -0.25) is 4.79 Å². The van der Waals surface area contributed by atoms with Gasteiger partial charge in [-0.2, -0.15) is 0 Å². The Morgan fingerprint density at radius 1 is 1.13 bits per heavy atom. The van der Waals surface area contributed by atoms with Crippen LogP contribution in [0.5, 0.6) is 0 Å². The number of hydrogen-bond donors (Lipinski definition) is 2. The van der Waals surface area contributed by atoms with E-state index in [1.807, 2.05) is 34.6 Å². The molecular weight excluding hydrogens is 208 g/mol. The van der Waals surface area contributed by atoms with Crippen LogP contribution in [0.15, 0.2) is 0 Å². The second-order valence-electron chi connectivity index (χ2n) is 4.67. The molecule has 0 heterocycles. The van der Waals surface area contributed by atoms with Crippen LogP contribution in [0.3, 0.4) is 0 Å². The molecule has 0 aliphatic rings. The summed E-state index contributed by atoms with van der Waals surface area (Å²) in [7, 11) is 0. The average Bonchev–Trinajstić information content (AvgIpc) is 2.11. The minimum Gasteiger partial charge on any atom is -0.392 e. The molecule has 2 unspecified atom stereocenters. The van der Waals surface area contributed by atoms with Gasteiger partial charge < -0.3 is 11.1 Å². The molecule has 4 heteroatoms. The lowest BCUT2D eigenvalue weighted by atomic mass is 9.96. The van der Waals surface area contributed by atoms with Crippen molar-refractivity contribution in [1.29, 1.82) is 0 Å². The third-order valence-electron chi connectivity index (χ3n) is 2.68. The highest BCUT2D eigenvalue weighted by molar-refractivity contribution is 7.80. The van der Waals surface area contributed by atoms with E-state index in [9.17, 15) is 4.79 Å². The molecule has 0 saturated carbocycles. The van der Waals surface area contributed by atoms with Crippen molar-refractivity contribution in [1.82, 2.24) is 5.32 Å².